The lowest BCUT2D eigenvalue weighted by Gasteiger charge is -2.11. The molecule has 4 amide bonds. The summed E-state index contributed by atoms with van der Waals surface area (Å²) in [6, 6.07) is 22.1. The SMILES string of the molecule is CCOc1ccc(S(=O)(=O)NC(=O)Nc2ccc(OCCOc3ccc(NC(=O)NS(=O)(=O)c4ccc(OCC)cc4)cc3)cc2)cc1. The number of ether oxygens (including phenoxy) is 4. The molecule has 4 aromatic carbocycles. The molecule has 0 fully saturated rings. The lowest BCUT2D eigenvalue weighted by molar-refractivity contribution is 0.217. The second-order valence-corrected chi connectivity index (χ2v) is 13.0. The van der Waals surface area contributed by atoms with Crippen LogP contribution in [0.25, 0.3) is 0 Å². The predicted molar refractivity (Wildman–Crippen MR) is 178 cm³/mol. The molecule has 4 N–H and O–H groups in total. The van der Waals surface area contributed by atoms with E-state index in [-0.39, 0.29) is 23.0 Å². The third-order valence-electron chi connectivity index (χ3n) is 6.19. The van der Waals surface area contributed by atoms with Gasteiger partial charge in [0.25, 0.3) is 20.0 Å². The first-order chi connectivity index (χ1) is 23.0. The molecule has 0 aliphatic carbocycles. The van der Waals surface area contributed by atoms with Crippen LogP contribution >= 0.6 is 0 Å². The summed E-state index contributed by atoms with van der Waals surface area (Å²) in [5.41, 5.74) is 0.684. The van der Waals surface area contributed by atoms with Crippen molar-refractivity contribution in [2.24, 2.45) is 0 Å². The van der Waals surface area contributed by atoms with Crippen LogP contribution in [0.15, 0.2) is 107 Å². The van der Waals surface area contributed by atoms with Gasteiger partial charge in [0.15, 0.2) is 0 Å². The maximum absolute atomic E-state index is 12.5. The summed E-state index contributed by atoms with van der Waals surface area (Å²) in [6.07, 6.45) is 0. The Labute approximate surface area is 278 Å². The fourth-order valence-corrected chi connectivity index (χ4v) is 5.84. The van der Waals surface area contributed by atoms with Gasteiger partial charge in [0.1, 0.15) is 36.2 Å². The molecule has 0 saturated heterocycles. The monoisotopic (exact) mass is 698 g/mol. The number of amides is 4. The zero-order valence-corrected chi connectivity index (χ0v) is 27.6. The lowest BCUT2D eigenvalue weighted by atomic mass is 10.3. The quantitative estimate of drug-likeness (QED) is 0.124. The fraction of sp³-hybridized carbons (Fsp3) is 0.188. The maximum atomic E-state index is 12.5. The Hall–Kier alpha value is -5.48. The van der Waals surface area contributed by atoms with Crippen molar-refractivity contribution in [1.82, 2.24) is 9.44 Å². The number of rotatable bonds is 15. The summed E-state index contributed by atoms with van der Waals surface area (Å²) >= 11 is 0. The van der Waals surface area contributed by atoms with Crippen molar-refractivity contribution in [3.63, 3.8) is 0 Å². The van der Waals surface area contributed by atoms with Gasteiger partial charge in [0.05, 0.1) is 23.0 Å². The van der Waals surface area contributed by atoms with Crippen molar-refractivity contribution in [2.45, 2.75) is 23.6 Å². The second-order valence-electron chi connectivity index (χ2n) is 9.67. The van der Waals surface area contributed by atoms with Gasteiger partial charge in [0.2, 0.25) is 0 Å². The number of carbonyl (C=O) groups is 2. The Bertz CT molecular complexity index is 1740. The van der Waals surface area contributed by atoms with Crippen molar-refractivity contribution in [1.29, 1.82) is 0 Å². The fourth-order valence-electron chi connectivity index (χ4n) is 4.03. The lowest BCUT2D eigenvalue weighted by Crippen LogP contribution is -2.34. The highest BCUT2D eigenvalue weighted by molar-refractivity contribution is 7.90. The highest BCUT2D eigenvalue weighted by atomic mass is 32.2. The largest absolute Gasteiger partial charge is 0.494 e. The van der Waals surface area contributed by atoms with Crippen molar-refractivity contribution in [3.8, 4) is 23.0 Å². The number of hydrogen-bond acceptors (Lipinski definition) is 10. The Balaban J connectivity index is 1.17. The van der Waals surface area contributed by atoms with E-state index in [1.807, 2.05) is 23.3 Å². The topological polar surface area (TPSA) is 187 Å². The van der Waals surface area contributed by atoms with E-state index in [4.69, 9.17) is 18.9 Å². The molecule has 0 radical (unpaired) electrons. The van der Waals surface area contributed by atoms with E-state index in [2.05, 4.69) is 10.6 Å². The molecule has 0 spiro atoms. The first-order valence-electron chi connectivity index (χ1n) is 14.6. The van der Waals surface area contributed by atoms with E-state index in [1.165, 1.54) is 48.5 Å². The summed E-state index contributed by atoms with van der Waals surface area (Å²) < 4.78 is 75.8. The molecule has 4 rings (SSSR count). The summed E-state index contributed by atoms with van der Waals surface area (Å²) in [4.78, 5) is 24.4. The molecule has 0 unspecified atom stereocenters. The summed E-state index contributed by atoms with van der Waals surface area (Å²) in [7, 11) is -8.17. The molecule has 16 heteroatoms. The number of hydrogen-bond donors (Lipinski definition) is 4. The van der Waals surface area contributed by atoms with Crippen LogP contribution in [0.3, 0.4) is 0 Å². The zero-order chi connectivity index (χ0) is 34.6. The molecular weight excluding hydrogens is 665 g/mol. The van der Waals surface area contributed by atoms with Gasteiger partial charge in [-0.2, -0.15) is 0 Å². The van der Waals surface area contributed by atoms with Gasteiger partial charge in [-0.1, -0.05) is 0 Å². The summed E-state index contributed by atoms with van der Waals surface area (Å²) in [5.74, 6) is 1.99. The van der Waals surface area contributed by atoms with E-state index in [0.717, 1.165) is 0 Å². The Morgan fingerprint density at radius 1 is 0.479 bits per heavy atom. The number of anilines is 2. The van der Waals surface area contributed by atoms with Crippen molar-refractivity contribution in [3.05, 3.63) is 97.1 Å². The second kappa shape index (κ2) is 16.4. The normalized spacial score (nSPS) is 11.1. The number of urea groups is 2. The smallest absolute Gasteiger partial charge is 0.333 e. The third kappa shape index (κ3) is 10.5. The van der Waals surface area contributed by atoms with Crippen LogP contribution < -0.4 is 39.0 Å². The maximum Gasteiger partial charge on any atom is 0.333 e. The standard InChI is InChI=1S/C32H34N4O10S2/c1-3-43-25-13-17-29(18-14-25)47(39,40)35-31(37)33-23-5-9-27(10-6-23)45-21-22-46-28-11-7-24(8-12-28)34-32(38)36-48(41,42)30-19-15-26(16-20-30)44-4-2/h5-20H,3-4,21-22H2,1-2H3,(H2,33,35,37)(H2,34,36,38). The minimum Gasteiger partial charge on any atom is -0.494 e. The summed E-state index contributed by atoms with van der Waals surface area (Å²) in [5, 5.41) is 4.92. The summed E-state index contributed by atoms with van der Waals surface area (Å²) in [6.45, 7) is 4.86. The van der Waals surface area contributed by atoms with Crippen molar-refractivity contribution >= 4 is 43.5 Å². The number of carbonyl (C=O) groups excluding carboxylic acids is 2. The van der Waals surface area contributed by atoms with Gasteiger partial charge in [-0.3, -0.25) is 0 Å². The van der Waals surface area contributed by atoms with Gasteiger partial charge in [-0.15, -0.1) is 0 Å². The van der Waals surface area contributed by atoms with Gasteiger partial charge in [0, 0.05) is 11.4 Å². The van der Waals surface area contributed by atoms with Gasteiger partial charge < -0.3 is 29.6 Å². The van der Waals surface area contributed by atoms with Crippen LogP contribution in [0.1, 0.15) is 13.8 Å². The molecule has 0 aliphatic heterocycles. The average molecular weight is 699 g/mol. The van der Waals surface area contributed by atoms with E-state index in [9.17, 15) is 26.4 Å². The number of benzene rings is 4. The molecule has 0 heterocycles. The highest BCUT2D eigenvalue weighted by Crippen LogP contribution is 2.20. The van der Waals surface area contributed by atoms with E-state index >= 15 is 0 Å². The van der Waals surface area contributed by atoms with Crippen LogP contribution in [-0.2, 0) is 20.0 Å². The Kier molecular flexibility index (Phi) is 12.1. The highest BCUT2D eigenvalue weighted by Gasteiger charge is 2.19. The Morgan fingerprint density at radius 2 is 0.771 bits per heavy atom. The van der Waals surface area contributed by atoms with Crippen LogP contribution in [-0.4, -0.2) is 55.3 Å². The molecule has 0 saturated carbocycles. The van der Waals surface area contributed by atoms with E-state index in [1.54, 1.807) is 48.5 Å². The van der Waals surface area contributed by atoms with E-state index < -0.39 is 32.1 Å². The molecule has 48 heavy (non-hydrogen) atoms. The van der Waals surface area contributed by atoms with Crippen molar-refractivity contribution < 1.29 is 45.4 Å². The van der Waals surface area contributed by atoms with Crippen LogP contribution in [0.2, 0.25) is 0 Å². The zero-order valence-electron chi connectivity index (χ0n) is 26.0. The molecule has 0 aromatic heterocycles. The molecule has 0 atom stereocenters. The van der Waals surface area contributed by atoms with Crippen molar-refractivity contribution in [2.75, 3.05) is 37.1 Å². The first kappa shape index (κ1) is 35.4. The van der Waals surface area contributed by atoms with Gasteiger partial charge >= 0.3 is 12.1 Å². The number of sulfonamides is 2. The Morgan fingerprint density at radius 3 is 1.08 bits per heavy atom. The molecule has 14 nitrogen and oxygen atoms in total. The molecule has 0 bridgehead atoms. The third-order valence-corrected chi connectivity index (χ3v) is 8.88. The van der Waals surface area contributed by atoms with E-state index in [0.29, 0.717) is 47.6 Å². The minimum atomic E-state index is -4.09. The van der Waals surface area contributed by atoms with Crippen LogP contribution in [0, 0.1) is 0 Å². The minimum absolute atomic E-state index is 0.0864. The average Bonchev–Trinajstić information content (AvgIpc) is 3.05. The van der Waals surface area contributed by atoms with Crippen LogP contribution in [0.5, 0.6) is 23.0 Å². The molecule has 254 valence electrons. The van der Waals surface area contributed by atoms with Crippen LogP contribution in [0.4, 0.5) is 21.0 Å². The predicted octanol–water partition coefficient (Wildman–Crippen LogP) is 4.96. The van der Waals surface area contributed by atoms with Gasteiger partial charge in [-0.05, 0) is 111 Å². The molecular formula is C32H34N4O10S2. The number of nitrogens with one attached hydrogen (secondary N) is 4. The van der Waals surface area contributed by atoms with Gasteiger partial charge in [-0.25, -0.2) is 35.9 Å². The molecule has 4 aromatic rings. The molecule has 0 aliphatic rings. The first-order valence-corrected chi connectivity index (χ1v) is 17.5.